The van der Waals surface area contributed by atoms with E-state index in [0.717, 1.165) is 23.3 Å². The first-order valence-corrected chi connectivity index (χ1v) is 9.24. The van der Waals surface area contributed by atoms with Crippen molar-refractivity contribution in [2.75, 3.05) is 6.54 Å². The zero-order chi connectivity index (χ0) is 19.9. The average molecular weight is 395 g/mol. The molecule has 1 saturated carbocycles. The SMILES string of the molecule is O=C(N1CC2(CC2)C[C@H]1c1nc(CCCc2cccc(O)c2)no1)C(F)(F)F. The van der Waals surface area contributed by atoms with Crippen molar-refractivity contribution in [2.45, 2.75) is 50.7 Å². The van der Waals surface area contributed by atoms with Gasteiger partial charge in [0.1, 0.15) is 11.8 Å². The number of alkyl halides is 3. The highest BCUT2D eigenvalue weighted by atomic mass is 19.4. The van der Waals surface area contributed by atoms with Crippen molar-refractivity contribution in [1.82, 2.24) is 15.0 Å². The maximum Gasteiger partial charge on any atom is 0.471 e. The summed E-state index contributed by atoms with van der Waals surface area (Å²) in [6, 6.07) is 6.11. The van der Waals surface area contributed by atoms with Crippen molar-refractivity contribution in [3.63, 3.8) is 0 Å². The molecule has 0 unspecified atom stereocenters. The third-order valence-electron chi connectivity index (χ3n) is 5.51. The smallest absolute Gasteiger partial charge is 0.471 e. The fourth-order valence-electron chi connectivity index (χ4n) is 3.86. The third kappa shape index (κ3) is 3.83. The molecule has 28 heavy (non-hydrogen) atoms. The Morgan fingerprint density at radius 1 is 1.32 bits per heavy atom. The summed E-state index contributed by atoms with van der Waals surface area (Å²) < 4.78 is 44.1. The van der Waals surface area contributed by atoms with Gasteiger partial charge in [-0.05, 0) is 55.2 Å². The maximum atomic E-state index is 12.9. The van der Waals surface area contributed by atoms with Gasteiger partial charge in [-0.2, -0.15) is 18.2 Å². The van der Waals surface area contributed by atoms with E-state index in [0.29, 0.717) is 31.5 Å². The molecule has 2 fully saturated rings. The first-order chi connectivity index (χ1) is 13.3. The molecule has 0 bridgehead atoms. The number of halogens is 3. The van der Waals surface area contributed by atoms with E-state index in [2.05, 4.69) is 10.1 Å². The average Bonchev–Trinajstić information content (AvgIpc) is 3.05. The van der Waals surface area contributed by atoms with Gasteiger partial charge in [0.15, 0.2) is 5.82 Å². The monoisotopic (exact) mass is 395 g/mol. The molecule has 150 valence electrons. The summed E-state index contributed by atoms with van der Waals surface area (Å²) in [6.07, 6.45) is -0.968. The Balaban J connectivity index is 1.41. The summed E-state index contributed by atoms with van der Waals surface area (Å²) in [6.45, 7) is 0.0885. The fourth-order valence-corrected chi connectivity index (χ4v) is 3.86. The third-order valence-corrected chi connectivity index (χ3v) is 5.51. The molecular weight excluding hydrogens is 375 g/mol. The number of likely N-dealkylation sites (tertiary alicyclic amines) is 1. The second-order valence-electron chi connectivity index (χ2n) is 7.72. The van der Waals surface area contributed by atoms with Crippen LogP contribution in [0.5, 0.6) is 5.75 Å². The maximum absolute atomic E-state index is 12.9. The van der Waals surface area contributed by atoms with E-state index in [1.54, 1.807) is 18.2 Å². The normalized spacial score (nSPS) is 20.7. The Kier molecular flexibility index (Phi) is 4.55. The lowest BCUT2D eigenvalue weighted by Crippen LogP contribution is -2.41. The Morgan fingerprint density at radius 2 is 2.11 bits per heavy atom. The quantitative estimate of drug-likeness (QED) is 0.837. The lowest BCUT2D eigenvalue weighted by molar-refractivity contribution is -0.187. The van der Waals surface area contributed by atoms with E-state index in [4.69, 9.17) is 4.52 Å². The van der Waals surface area contributed by atoms with Gasteiger partial charge in [0.25, 0.3) is 0 Å². The molecule has 1 aromatic carbocycles. The van der Waals surface area contributed by atoms with Crippen LogP contribution in [0, 0.1) is 5.41 Å². The molecule has 1 spiro atoms. The number of aromatic hydroxyl groups is 1. The van der Waals surface area contributed by atoms with Crippen molar-refractivity contribution in [3.8, 4) is 5.75 Å². The van der Waals surface area contributed by atoms with E-state index in [1.165, 1.54) is 0 Å². The minimum absolute atomic E-state index is 0.0775. The molecule has 9 heteroatoms. The zero-order valence-electron chi connectivity index (χ0n) is 15.1. The molecule has 2 aromatic rings. The Labute approximate surface area is 159 Å². The largest absolute Gasteiger partial charge is 0.508 e. The van der Waals surface area contributed by atoms with Crippen LogP contribution in [0.3, 0.4) is 0 Å². The minimum atomic E-state index is -4.91. The van der Waals surface area contributed by atoms with Gasteiger partial charge in [-0.25, -0.2) is 0 Å². The number of hydrogen-bond acceptors (Lipinski definition) is 5. The first kappa shape index (κ1) is 18.8. The van der Waals surface area contributed by atoms with Crippen molar-refractivity contribution < 1.29 is 27.6 Å². The molecule has 1 aliphatic carbocycles. The van der Waals surface area contributed by atoms with E-state index in [-0.39, 0.29) is 23.6 Å². The molecule has 1 N–H and O–H groups in total. The number of carbonyl (C=O) groups is 1. The summed E-state index contributed by atoms with van der Waals surface area (Å²) in [5.41, 5.74) is 0.743. The zero-order valence-corrected chi connectivity index (χ0v) is 15.1. The van der Waals surface area contributed by atoms with E-state index >= 15 is 0 Å². The number of rotatable bonds is 5. The Hall–Kier alpha value is -2.58. The number of aryl methyl sites for hydroxylation is 2. The van der Waals surface area contributed by atoms with Crippen molar-refractivity contribution in [2.24, 2.45) is 5.41 Å². The van der Waals surface area contributed by atoms with Crippen LogP contribution in [-0.4, -0.2) is 38.8 Å². The van der Waals surface area contributed by atoms with Crippen LogP contribution >= 0.6 is 0 Å². The summed E-state index contributed by atoms with van der Waals surface area (Å²) in [5.74, 6) is -1.16. The highest BCUT2D eigenvalue weighted by molar-refractivity contribution is 5.82. The second kappa shape index (κ2) is 6.79. The number of aromatic nitrogens is 2. The second-order valence-corrected chi connectivity index (χ2v) is 7.72. The van der Waals surface area contributed by atoms with Crippen LogP contribution in [-0.2, 0) is 17.6 Å². The highest BCUT2D eigenvalue weighted by Gasteiger charge is 2.58. The summed E-state index contributed by atoms with van der Waals surface area (Å²) in [7, 11) is 0. The van der Waals surface area contributed by atoms with E-state index in [1.807, 2.05) is 6.07 Å². The number of benzene rings is 1. The number of phenols is 1. The predicted octanol–water partition coefficient (Wildman–Crippen LogP) is 3.57. The summed E-state index contributed by atoms with van der Waals surface area (Å²) >= 11 is 0. The molecule has 1 amide bonds. The van der Waals surface area contributed by atoms with Crippen molar-refractivity contribution in [1.29, 1.82) is 0 Å². The molecule has 1 aromatic heterocycles. The number of hydrogen-bond donors (Lipinski definition) is 1. The van der Waals surface area contributed by atoms with E-state index < -0.39 is 18.1 Å². The first-order valence-electron chi connectivity index (χ1n) is 9.24. The van der Waals surface area contributed by atoms with Gasteiger partial charge in [0.05, 0.1) is 0 Å². The summed E-state index contributed by atoms with van der Waals surface area (Å²) in [5, 5.41) is 13.4. The molecular formula is C19H20F3N3O3. The minimum Gasteiger partial charge on any atom is -0.508 e. The van der Waals surface area contributed by atoms with Gasteiger partial charge in [-0.15, -0.1) is 0 Å². The van der Waals surface area contributed by atoms with Crippen molar-refractivity contribution >= 4 is 5.91 Å². The topological polar surface area (TPSA) is 79.5 Å². The van der Waals surface area contributed by atoms with Crippen LogP contribution in [0.15, 0.2) is 28.8 Å². The Bertz CT molecular complexity index is 877. The summed E-state index contributed by atoms with van der Waals surface area (Å²) in [4.78, 5) is 16.9. The van der Waals surface area contributed by atoms with Gasteiger partial charge in [-0.1, -0.05) is 17.3 Å². The van der Waals surface area contributed by atoms with Crippen LogP contribution in [0.2, 0.25) is 0 Å². The van der Waals surface area contributed by atoms with Crippen LogP contribution in [0.4, 0.5) is 13.2 Å². The number of nitrogens with zero attached hydrogens (tertiary/aromatic N) is 3. The molecule has 4 rings (SSSR count). The molecule has 1 saturated heterocycles. The molecule has 2 heterocycles. The molecule has 1 atom stereocenters. The molecule has 2 aliphatic rings. The van der Waals surface area contributed by atoms with Crippen LogP contribution in [0.1, 0.15) is 49.0 Å². The van der Waals surface area contributed by atoms with Crippen molar-refractivity contribution in [3.05, 3.63) is 41.5 Å². The van der Waals surface area contributed by atoms with Gasteiger partial charge in [0.2, 0.25) is 5.89 Å². The number of carbonyl (C=O) groups excluding carboxylic acids is 1. The van der Waals surface area contributed by atoms with Gasteiger partial charge >= 0.3 is 12.1 Å². The fraction of sp³-hybridized carbons (Fsp3) is 0.526. The predicted molar refractivity (Wildman–Crippen MR) is 91.2 cm³/mol. The molecule has 1 aliphatic heterocycles. The van der Waals surface area contributed by atoms with Gasteiger partial charge in [0, 0.05) is 13.0 Å². The van der Waals surface area contributed by atoms with Crippen LogP contribution in [0.25, 0.3) is 0 Å². The lowest BCUT2D eigenvalue weighted by atomic mass is 10.0. The molecule has 0 radical (unpaired) electrons. The lowest BCUT2D eigenvalue weighted by Gasteiger charge is -2.22. The van der Waals surface area contributed by atoms with Gasteiger partial charge in [-0.3, -0.25) is 4.79 Å². The van der Waals surface area contributed by atoms with E-state index in [9.17, 15) is 23.1 Å². The number of amides is 1. The van der Waals surface area contributed by atoms with Gasteiger partial charge < -0.3 is 14.5 Å². The molecule has 6 nitrogen and oxygen atoms in total. The van der Waals surface area contributed by atoms with Crippen LogP contribution < -0.4 is 0 Å². The highest BCUT2D eigenvalue weighted by Crippen LogP contribution is 2.58. The Morgan fingerprint density at radius 3 is 2.79 bits per heavy atom. The standard InChI is InChI=1S/C19H20F3N3O3/c20-19(21,22)17(27)25-11-18(7-8-18)10-14(25)16-23-15(24-28-16)6-2-4-12-3-1-5-13(26)9-12/h1,3,5,9,14,26H,2,4,6-8,10-11H2/t14-/m0/s1. The number of phenolic OH excluding ortho intramolecular Hbond substituents is 1.